The first-order valence-electron chi connectivity index (χ1n) is 6.23. The van der Waals surface area contributed by atoms with E-state index >= 15 is 0 Å². The van der Waals surface area contributed by atoms with E-state index in [2.05, 4.69) is 4.98 Å². The van der Waals surface area contributed by atoms with Gasteiger partial charge >= 0.3 is 0 Å². The Hall–Kier alpha value is -2.49. The van der Waals surface area contributed by atoms with E-state index < -0.39 is 6.43 Å². The summed E-state index contributed by atoms with van der Waals surface area (Å²) in [5, 5.41) is 0. The Kier molecular flexibility index (Phi) is 3.29. The zero-order chi connectivity index (χ0) is 13.9. The molecule has 0 fully saturated rings. The average Bonchev–Trinajstić information content (AvgIpc) is 2.89. The first kappa shape index (κ1) is 12.5. The summed E-state index contributed by atoms with van der Waals surface area (Å²) in [4.78, 5) is 4.25. The molecule has 0 saturated carbocycles. The van der Waals surface area contributed by atoms with Crippen LogP contribution >= 0.6 is 0 Å². The maximum Gasteiger partial charge on any atom is 0.259 e. The first-order chi connectivity index (χ1) is 9.75. The third kappa shape index (κ3) is 2.32. The van der Waals surface area contributed by atoms with E-state index in [1.807, 2.05) is 54.6 Å². The fourth-order valence-corrected chi connectivity index (χ4v) is 2.20. The molecule has 0 aliphatic heterocycles. The van der Waals surface area contributed by atoms with Gasteiger partial charge in [-0.2, -0.15) is 0 Å². The number of hydrogen-bond acceptors (Lipinski definition) is 1. The molecule has 0 amide bonds. The van der Waals surface area contributed by atoms with Crippen LogP contribution in [0, 0.1) is 0 Å². The Bertz CT molecular complexity index is 745. The predicted molar refractivity (Wildman–Crippen MR) is 75.6 cm³/mol. The molecule has 0 bridgehead atoms. The van der Waals surface area contributed by atoms with E-state index in [9.17, 15) is 8.78 Å². The number of para-hydroxylation sites is 2. The lowest BCUT2D eigenvalue weighted by Gasteiger charge is -2.10. The molecule has 0 N–H and O–H groups in total. The van der Waals surface area contributed by atoms with E-state index in [1.165, 1.54) is 0 Å². The molecule has 0 aliphatic carbocycles. The number of alkyl halides is 2. The van der Waals surface area contributed by atoms with Gasteiger partial charge in [0.1, 0.15) is 6.33 Å². The number of imidazole rings is 1. The Balaban J connectivity index is 2.20. The second kappa shape index (κ2) is 5.25. The lowest BCUT2D eigenvalue weighted by Crippen LogP contribution is -2.00. The molecule has 2 nitrogen and oxygen atoms in total. The standard InChI is InChI=1S/C16H12F2N2/c17-16(18)10-15(12-6-2-1-3-7-12)20-11-19-13-8-4-5-9-14(13)20/h1-11,16H/b15-10-. The molecule has 0 atom stereocenters. The largest absolute Gasteiger partial charge is 0.298 e. The van der Waals surface area contributed by atoms with Crippen LogP contribution in [0.5, 0.6) is 0 Å². The molecule has 1 heterocycles. The monoisotopic (exact) mass is 270 g/mol. The molecule has 0 unspecified atom stereocenters. The minimum absolute atomic E-state index is 0.439. The molecule has 3 rings (SSSR count). The highest BCUT2D eigenvalue weighted by molar-refractivity contribution is 5.82. The van der Waals surface area contributed by atoms with Gasteiger partial charge in [0.05, 0.1) is 16.7 Å². The molecular weight excluding hydrogens is 258 g/mol. The van der Waals surface area contributed by atoms with E-state index in [1.54, 1.807) is 10.9 Å². The molecule has 20 heavy (non-hydrogen) atoms. The lowest BCUT2D eigenvalue weighted by atomic mass is 10.1. The summed E-state index contributed by atoms with van der Waals surface area (Å²) in [5.41, 5.74) is 2.76. The highest BCUT2D eigenvalue weighted by atomic mass is 19.3. The van der Waals surface area contributed by atoms with Gasteiger partial charge in [-0.1, -0.05) is 42.5 Å². The van der Waals surface area contributed by atoms with Crippen LogP contribution in [-0.2, 0) is 0 Å². The fourth-order valence-electron chi connectivity index (χ4n) is 2.20. The van der Waals surface area contributed by atoms with Crippen molar-refractivity contribution in [2.24, 2.45) is 0 Å². The van der Waals surface area contributed by atoms with Crippen LogP contribution in [0.25, 0.3) is 16.7 Å². The normalized spacial score (nSPS) is 12.2. The summed E-state index contributed by atoms with van der Waals surface area (Å²) < 4.78 is 27.4. The van der Waals surface area contributed by atoms with Crippen molar-refractivity contribution in [3.05, 3.63) is 72.6 Å². The summed E-state index contributed by atoms with van der Waals surface area (Å²) in [6.45, 7) is 0. The topological polar surface area (TPSA) is 17.8 Å². The van der Waals surface area contributed by atoms with Crippen LogP contribution < -0.4 is 0 Å². The van der Waals surface area contributed by atoms with E-state index in [4.69, 9.17) is 0 Å². The molecule has 0 spiro atoms. The molecule has 100 valence electrons. The number of hydrogen-bond donors (Lipinski definition) is 0. The first-order valence-corrected chi connectivity index (χ1v) is 6.23. The van der Waals surface area contributed by atoms with Gasteiger partial charge in [-0.3, -0.25) is 4.57 Å². The number of nitrogens with zero attached hydrogens (tertiary/aromatic N) is 2. The van der Waals surface area contributed by atoms with Crippen LogP contribution in [0.3, 0.4) is 0 Å². The minimum atomic E-state index is -2.52. The maximum atomic E-state index is 12.9. The van der Waals surface area contributed by atoms with E-state index in [0.29, 0.717) is 5.70 Å². The Labute approximate surface area is 115 Å². The second-order valence-corrected chi connectivity index (χ2v) is 4.36. The molecule has 1 aromatic heterocycles. The van der Waals surface area contributed by atoms with Gasteiger partial charge in [-0.05, 0) is 17.7 Å². The zero-order valence-corrected chi connectivity index (χ0v) is 10.6. The highest BCUT2D eigenvalue weighted by Crippen LogP contribution is 2.23. The summed E-state index contributed by atoms with van der Waals surface area (Å²) in [5.74, 6) is 0. The molecule has 0 radical (unpaired) electrons. The van der Waals surface area contributed by atoms with Crippen LogP contribution in [0.4, 0.5) is 8.78 Å². The Morgan fingerprint density at radius 2 is 1.70 bits per heavy atom. The van der Waals surface area contributed by atoms with Crippen LogP contribution in [0.2, 0.25) is 0 Å². The third-order valence-electron chi connectivity index (χ3n) is 3.07. The molecule has 0 saturated heterocycles. The van der Waals surface area contributed by atoms with Gasteiger partial charge in [0.25, 0.3) is 6.43 Å². The molecule has 4 heteroatoms. The highest BCUT2D eigenvalue weighted by Gasteiger charge is 2.11. The molecular formula is C16H12F2N2. The zero-order valence-electron chi connectivity index (χ0n) is 10.6. The van der Waals surface area contributed by atoms with Gasteiger partial charge < -0.3 is 0 Å². The van der Waals surface area contributed by atoms with Gasteiger partial charge in [0.15, 0.2) is 0 Å². The smallest absolute Gasteiger partial charge is 0.259 e. The summed E-state index contributed by atoms with van der Waals surface area (Å²) in [7, 11) is 0. The van der Waals surface area contributed by atoms with Crippen molar-refractivity contribution in [3.63, 3.8) is 0 Å². The summed E-state index contributed by atoms with van der Waals surface area (Å²) >= 11 is 0. The van der Waals surface area contributed by atoms with Gasteiger partial charge in [-0.25, -0.2) is 13.8 Å². The quantitative estimate of drug-likeness (QED) is 0.697. The Morgan fingerprint density at radius 1 is 1.00 bits per heavy atom. The molecule has 2 aromatic carbocycles. The van der Waals surface area contributed by atoms with E-state index in [0.717, 1.165) is 22.7 Å². The van der Waals surface area contributed by atoms with Gasteiger partial charge in [0.2, 0.25) is 0 Å². The van der Waals surface area contributed by atoms with Crippen LogP contribution in [-0.4, -0.2) is 16.0 Å². The predicted octanol–water partition coefficient (Wildman–Crippen LogP) is 4.19. The average molecular weight is 270 g/mol. The number of benzene rings is 2. The lowest BCUT2D eigenvalue weighted by molar-refractivity contribution is 0.204. The van der Waals surface area contributed by atoms with Crippen LogP contribution in [0.1, 0.15) is 5.56 Å². The van der Waals surface area contributed by atoms with Gasteiger partial charge in [-0.15, -0.1) is 0 Å². The SMILES string of the molecule is FC(F)/C=C(/c1ccccc1)n1cnc2ccccc21. The van der Waals surface area contributed by atoms with Crippen molar-refractivity contribution in [2.45, 2.75) is 6.43 Å². The Morgan fingerprint density at radius 3 is 2.45 bits per heavy atom. The number of allylic oxidation sites excluding steroid dienone is 1. The third-order valence-corrected chi connectivity index (χ3v) is 3.07. The second-order valence-electron chi connectivity index (χ2n) is 4.36. The van der Waals surface area contributed by atoms with Crippen molar-refractivity contribution in [1.82, 2.24) is 9.55 Å². The van der Waals surface area contributed by atoms with Crippen molar-refractivity contribution in [1.29, 1.82) is 0 Å². The minimum Gasteiger partial charge on any atom is -0.298 e. The van der Waals surface area contributed by atoms with Crippen molar-refractivity contribution in [2.75, 3.05) is 0 Å². The number of aromatic nitrogens is 2. The van der Waals surface area contributed by atoms with Crippen LogP contribution in [0.15, 0.2) is 67.0 Å². The number of rotatable bonds is 3. The molecule has 3 aromatic rings. The van der Waals surface area contributed by atoms with Crippen molar-refractivity contribution in [3.8, 4) is 0 Å². The van der Waals surface area contributed by atoms with E-state index in [-0.39, 0.29) is 0 Å². The summed E-state index contributed by atoms with van der Waals surface area (Å²) in [6, 6.07) is 16.6. The van der Waals surface area contributed by atoms with Crippen molar-refractivity contribution >= 4 is 16.7 Å². The van der Waals surface area contributed by atoms with Gasteiger partial charge in [0, 0.05) is 6.08 Å². The maximum absolute atomic E-state index is 12.9. The number of halogens is 2. The van der Waals surface area contributed by atoms with Crippen molar-refractivity contribution < 1.29 is 8.78 Å². The summed E-state index contributed by atoms with van der Waals surface area (Å²) in [6.07, 6.45) is 0.00127. The fraction of sp³-hybridized carbons (Fsp3) is 0.0625. The molecule has 0 aliphatic rings. The number of fused-ring (bicyclic) bond motifs is 1.